The van der Waals surface area contributed by atoms with Gasteiger partial charge in [0.1, 0.15) is 5.69 Å². The maximum Gasteiger partial charge on any atom is 0.573 e. The van der Waals surface area contributed by atoms with Gasteiger partial charge in [-0.25, -0.2) is 4.98 Å². The van der Waals surface area contributed by atoms with Gasteiger partial charge in [-0.3, -0.25) is 0 Å². The number of hydrogen-bond donors (Lipinski definition) is 1. The van der Waals surface area contributed by atoms with E-state index in [-0.39, 0.29) is 5.69 Å². The average molecular weight is 412 g/mol. The van der Waals surface area contributed by atoms with E-state index in [0.29, 0.717) is 14.6 Å². The molecule has 0 aliphatic heterocycles. The molecule has 0 saturated heterocycles. The van der Waals surface area contributed by atoms with E-state index in [2.05, 4.69) is 25.7 Å². The van der Waals surface area contributed by atoms with Gasteiger partial charge in [0.2, 0.25) is 0 Å². The van der Waals surface area contributed by atoms with E-state index in [4.69, 9.17) is 5.11 Å². The van der Waals surface area contributed by atoms with Crippen LogP contribution in [0.3, 0.4) is 0 Å². The molecule has 1 rings (SSSR count). The molecule has 0 aliphatic carbocycles. The number of aliphatic hydroxyl groups excluding tert-OH is 1. The predicted octanol–water partition coefficient (Wildman–Crippen LogP) is 2.97. The number of hydrogen-bond acceptors (Lipinski definition) is 3. The Balaban J connectivity index is 3.13. The van der Waals surface area contributed by atoms with Crippen molar-refractivity contribution in [3.05, 3.63) is 21.0 Å². The lowest BCUT2D eigenvalue weighted by Crippen LogP contribution is -2.19. The molecular formula is C8H6BrF3INO2. The van der Waals surface area contributed by atoms with E-state index in [1.54, 1.807) is 0 Å². The Morgan fingerprint density at radius 1 is 1.44 bits per heavy atom. The number of nitrogens with zero attached hydrogens (tertiary/aromatic N) is 1. The molecule has 8 heteroatoms. The van der Waals surface area contributed by atoms with Crippen LogP contribution in [0.4, 0.5) is 13.2 Å². The summed E-state index contributed by atoms with van der Waals surface area (Å²) in [6.07, 6.45) is -4.79. The molecule has 0 unspecified atom stereocenters. The molecule has 0 spiro atoms. The van der Waals surface area contributed by atoms with Crippen molar-refractivity contribution in [3.63, 3.8) is 0 Å². The summed E-state index contributed by atoms with van der Waals surface area (Å²) in [5, 5.41) is 9.29. The van der Waals surface area contributed by atoms with Crippen LogP contribution in [0, 0.1) is 3.57 Å². The van der Waals surface area contributed by atoms with Crippen LogP contribution in [0.5, 0.6) is 5.75 Å². The van der Waals surface area contributed by atoms with E-state index < -0.39 is 18.7 Å². The Morgan fingerprint density at radius 2 is 2.06 bits per heavy atom. The lowest BCUT2D eigenvalue weighted by molar-refractivity contribution is -0.275. The highest BCUT2D eigenvalue weighted by atomic mass is 127. The first-order valence-electron chi connectivity index (χ1n) is 3.98. The van der Waals surface area contributed by atoms with Gasteiger partial charge in [-0.1, -0.05) is 15.9 Å². The smallest absolute Gasteiger partial charge is 0.404 e. The molecule has 3 nitrogen and oxygen atoms in total. The SMILES string of the molecule is OCc1nc(CBr)c(I)cc1OC(F)(F)F. The predicted molar refractivity (Wildman–Crippen MR) is 62.2 cm³/mol. The largest absolute Gasteiger partial charge is 0.573 e. The van der Waals surface area contributed by atoms with Crippen molar-refractivity contribution in [2.24, 2.45) is 0 Å². The third-order valence-electron chi connectivity index (χ3n) is 1.59. The first kappa shape index (κ1) is 14.0. The molecule has 1 N–H and O–H groups in total. The second kappa shape index (κ2) is 5.50. The highest BCUT2D eigenvalue weighted by molar-refractivity contribution is 14.1. The lowest BCUT2D eigenvalue weighted by Gasteiger charge is -2.13. The maximum absolute atomic E-state index is 12.0. The Hall–Kier alpha value is -0.0900. The summed E-state index contributed by atoms with van der Waals surface area (Å²) in [4.78, 5) is 3.86. The zero-order valence-corrected chi connectivity index (χ0v) is 11.4. The molecule has 0 amide bonds. The number of aromatic nitrogens is 1. The van der Waals surface area contributed by atoms with Crippen LogP contribution in [-0.2, 0) is 11.9 Å². The summed E-state index contributed by atoms with van der Waals surface area (Å²) in [5.41, 5.74) is 0.423. The average Bonchev–Trinajstić information content (AvgIpc) is 2.16. The highest BCUT2D eigenvalue weighted by Crippen LogP contribution is 2.28. The fourth-order valence-electron chi connectivity index (χ4n) is 0.973. The van der Waals surface area contributed by atoms with Gasteiger partial charge in [-0.15, -0.1) is 13.2 Å². The Labute approximate surface area is 111 Å². The second-order valence-corrected chi connectivity index (χ2v) is 4.42. The Bertz CT molecular complexity index is 386. The number of alkyl halides is 4. The van der Waals surface area contributed by atoms with Crippen molar-refractivity contribution in [1.82, 2.24) is 4.98 Å². The van der Waals surface area contributed by atoms with Crippen LogP contribution in [0.2, 0.25) is 0 Å². The van der Waals surface area contributed by atoms with Gasteiger partial charge in [0.05, 0.1) is 12.3 Å². The molecule has 0 aromatic carbocycles. The fraction of sp³-hybridized carbons (Fsp3) is 0.375. The topological polar surface area (TPSA) is 42.4 Å². The van der Waals surface area contributed by atoms with E-state index in [9.17, 15) is 13.2 Å². The molecule has 16 heavy (non-hydrogen) atoms. The minimum absolute atomic E-state index is 0.132. The molecule has 0 radical (unpaired) electrons. The monoisotopic (exact) mass is 411 g/mol. The third kappa shape index (κ3) is 3.74. The van der Waals surface area contributed by atoms with Gasteiger partial charge < -0.3 is 9.84 Å². The van der Waals surface area contributed by atoms with Crippen LogP contribution in [0.1, 0.15) is 11.4 Å². The van der Waals surface area contributed by atoms with Crippen LogP contribution >= 0.6 is 38.5 Å². The summed E-state index contributed by atoms with van der Waals surface area (Å²) in [6.45, 7) is -0.609. The van der Waals surface area contributed by atoms with Gasteiger partial charge in [-0.2, -0.15) is 0 Å². The summed E-state index contributed by atoms with van der Waals surface area (Å²) in [6, 6.07) is 1.20. The van der Waals surface area contributed by atoms with E-state index in [1.165, 1.54) is 6.07 Å². The third-order valence-corrected chi connectivity index (χ3v) is 3.06. The maximum atomic E-state index is 12.0. The number of halogens is 5. The zero-order chi connectivity index (χ0) is 12.3. The van der Waals surface area contributed by atoms with E-state index in [0.717, 1.165) is 0 Å². The minimum Gasteiger partial charge on any atom is -0.404 e. The standard InChI is InChI=1S/C8H6BrF3INO2/c9-2-5-4(13)1-7(6(3-15)14-5)16-8(10,11)12/h1,15H,2-3H2. The van der Waals surface area contributed by atoms with Crippen molar-refractivity contribution in [2.75, 3.05) is 0 Å². The van der Waals surface area contributed by atoms with Crippen molar-refractivity contribution in [2.45, 2.75) is 18.3 Å². The van der Waals surface area contributed by atoms with Crippen LogP contribution in [0.25, 0.3) is 0 Å². The van der Waals surface area contributed by atoms with E-state index >= 15 is 0 Å². The Kier molecular flexibility index (Phi) is 4.80. The normalized spacial score (nSPS) is 11.6. The molecule has 0 fully saturated rings. The Morgan fingerprint density at radius 3 is 2.50 bits per heavy atom. The van der Waals surface area contributed by atoms with E-state index in [1.807, 2.05) is 22.6 Å². The molecule has 1 aromatic heterocycles. The quantitative estimate of drug-likeness (QED) is 0.614. The van der Waals surface area contributed by atoms with Crippen molar-refractivity contribution in [3.8, 4) is 5.75 Å². The number of ether oxygens (including phenoxy) is 1. The summed E-state index contributed by atoms with van der Waals surface area (Å²) < 4.78 is 40.4. The molecule has 0 saturated carbocycles. The fourth-order valence-corrected chi connectivity index (χ4v) is 2.52. The number of aliphatic hydroxyl groups is 1. The first-order valence-corrected chi connectivity index (χ1v) is 6.18. The second-order valence-electron chi connectivity index (χ2n) is 2.70. The molecule has 1 heterocycles. The van der Waals surface area contributed by atoms with Crippen molar-refractivity contribution >= 4 is 38.5 Å². The first-order chi connectivity index (χ1) is 7.37. The van der Waals surface area contributed by atoms with Crippen LogP contribution in [-0.4, -0.2) is 16.5 Å². The summed E-state index contributed by atoms with van der Waals surface area (Å²) in [5.74, 6) is -0.468. The lowest BCUT2D eigenvalue weighted by atomic mass is 10.3. The molecule has 0 atom stereocenters. The van der Waals surface area contributed by atoms with Crippen LogP contribution in [0.15, 0.2) is 6.07 Å². The summed E-state index contributed by atoms with van der Waals surface area (Å²) >= 11 is 4.99. The molecule has 90 valence electrons. The highest BCUT2D eigenvalue weighted by Gasteiger charge is 2.32. The number of rotatable bonds is 3. The minimum atomic E-state index is -4.79. The van der Waals surface area contributed by atoms with Gasteiger partial charge in [0, 0.05) is 8.90 Å². The van der Waals surface area contributed by atoms with Crippen LogP contribution < -0.4 is 4.74 Å². The zero-order valence-electron chi connectivity index (χ0n) is 7.68. The molecule has 0 bridgehead atoms. The summed E-state index contributed by atoms with van der Waals surface area (Å²) in [7, 11) is 0. The van der Waals surface area contributed by atoms with Gasteiger partial charge in [0.25, 0.3) is 0 Å². The van der Waals surface area contributed by atoms with Gasteiger partial charge >= 0.3 is 6.36 Å². The van der Waals surface area contributed by atoms with Gasteiger partial charge in [-0.05, 0) is 28.7 Å². The van der Waals surface area contributed by atoms with Gasteiger partial charge in [0.15, 0.2) is 5.75 Å². The molecule has 1 aromatic rings. The molecule has 0 aliphatic rings. The number of pyridine rings is 1. The van der Waals surface area contributed by atoms with Crippen molar-refractivity contribution in [1.29, 1.82) is 0 Å². The van der Waals surface area contributed by atoms with Crippen molar-refractivity contribution < 1.29 is 23.0 Å². The molecular weight excluding hydrogens is 406 g/mol.